The van der Waals surface area contributed by atoms with Gasteiger partial charge >= 0.3 is 18.9 Å². The number of rotatable bonds is 4. The van der Waals surface area contributed by atoms with E-state index in [-0.39, 0.29) is 18.9 Å². The molecule has 1 atom stereocenters. The first-order chi connectivity index (χ1) is 5.88. The molecular weight excluding hydrogens is 153 g/mol. The van der Waals surface area contributed by atoms with Crippen LogP contribution >= 0.6 is 0 Å². The van der Waals surface area contributed by atoms with Crippen LogP contribution in [0.25, 0.3) is 0 Å². The molecule has 0 unspecified atom stereocenters. The van der Waals surface area contributed by atoms with Crippen LogP contribution in [0.1, 0.15) is 17.9 Å². The van der Waals surface area contributed by atoms with E-state index in [1.54, 1.807) is 0 Å². The monoisotopic (exact) mass is 169 g/mol. The van der Waals surface area contributed by atoms with Gasteiger partial charge in [0.1, 0.15) is 0 Å². The third-order valence-electron chi connectivity index (χ3n) is 2.01. The standard InChI is InChI=1S/C11H15N.Li.H/c1-2-6-11(9-12)10-7-4-3-5-8-10;;/h2-5,7-8,11H,1,6,9,12H2;;/t11-;;/m1../s1. The topological polar surface area (TPSA) is 26.0 Å². The van der Waals surface area contributed by atoms with E-state index in [4.69, 9.17) is 5.73 Å². The van der Waals surface area contributed by atoms with Crippen LogP contribution in [0.5, 0.6) is 0 Å². The van der Waals surface area contributed by atoms with Gasteiger partial charge in [0.2, 0.25) is 0 Å². The summed E-state index contributed by atoms with van der Waals surface area (Å²) in [5, 5.41) is 0. The van der Waals surface area contributed by atoms with Crippen LogP contribution < -0.4 is 5.73 Å². The van der Waals surface area contributed by atoms with Crippen LogP contribution in [-0.2, 0) is 0 Å². The molecule has 66 valence electrons. The first-order valence-corrected chi connectivity index (χ1v) is 4.24. The van der Waals surface area contributed by atoms with Crippen molar-refractivity contribution in [3.63, 3.8) is 0 Å². The Labute approximate surface area is 92.2 Å². The van der Waals surface area contributed by atoms with Gasteiger partial charge in [-0.15, -0.1) is 6.58 Å². The predicted molar refractivity (Wildman–Crippen MR) is 60.2 cm³/mol. The molecule has 0 aliphatic heterocycles. The fraction of sp³-hybridized carbons (Fsp3) is 0.273. The molecule has 0 aliphatic carbocycles. The molecule has 1 rings (SSSR count). The molecule has 2 heteroatoms. The molecule has 0 aromatic heterocycles. The molecule has 0 fully saturated rings. The average molecular weight is 169 g/mol. The second kappa shape index (κ2) is 6.97. The van der Waals surface area contributed by atoms with Crippen molar-refractivity contribution in [2.75, 3.05) is 6.54 Å². The maximum atomic E-state index is 5.64. The Kier molecular flexibility index (Phi) is 6.71. The Hall–Kier alpha value is -0.483. The molecule has 0 saturated carbocycles. The normalized spacial score (nSPS) is 11.5. The molecule has 0 bridgehead atoms. The minimum atomic E-state index is 0. The summed E-state index contributed by atoms with van der Waals surface area (Å²) in [6, 6.07) is 10.3. The molecule has 0 amide bonds. The predicted octanol–water partition coefficient (Wildman–Crippen LogP) is 1.66. The van der Waals surface area contributed by atoms with Crippen molar-refractivity contribution in [1.82, 2.24) is 0 Å². The maximum absolute atomic E-state index is 5.64. The van der Waals surface area contributed by atoms with E-state index in [1.807, 2.05) is 24.3 Å². The van der Waals surface area contributed by atoms with E-state index in [9.17, 15) is 0 Å². The summed E-state index contributed by atoms with van der Waals surface area (Å²) in [7, 11) is 0. The Bertz CT molecular complexity index is 233. The van der Waals surface area contributed by atoms with Crippen molar-refractivity contribution in [2.24, 2.45) is 5.73 Å². The molecule has 0 saturated heterocycles. The van der Waals surface area contributed by atoms with Gasteiger partial charge in [-0.3, -0.25) is 0 Å². The molecule has 0 spiro atoms. The SMILES string of the molecule is C=CC[C@H](CN)c1ccccc1.[LiH]. The van der Waals surface area contributed by atoms with Crippen molar-refractivity contribution in [3.8, 4) is 0 Å². The molecule has 1 nitrogen and oxygen atoms in total. The van der Waals surface area contributed by atoms with Crippen LogP contribution in [0.15, 0.2) is 43.0 Å². The van der Waals surface area contributed by atoms with E-state index < -0.39 is 0 Å². The van der Waals surface area contributed by atoms with Crippen LogP contribution in [0.3, 0.4) is 0 Å². The second-order valence-corrected chi connectivity index (χ2v) is 2.87. The first kappa shape index (κ1) is 12.5. The average Bonchev–Trinajstić information content (AvgIpc) is 2.15. The molecule has 13 heavy (non-hydrogen) atoms. The summed E-state index contributed by atoms with van der Waals surface area (Å²) < 4.78 is 0. The van der Waals surface area contributed by atoms with Gasteiger partial charge in [0.25, 0.3) is 0 Å². The van der Waals surface area contributed by atoms with Crippen LogP contribution in [0.2, 0.25) is 0 Å². The molecule has 2 N–H and O–H groups in total. The van der Waals surface area contributed by atoms with E-state index in [2.05, 4.69) is 18.7 Å². The summed E-state index contributed by atoms with van der Waals surface area (Å²) in [6.45, 7) is 4.41. The molecule has 0 heterocycles. The van der Waals surface area contributed by atoms with Gasteiger partial charge < -0.3 is 5.73 Å². The first-order valence-electron chi connectivity index (χ1n) is 4.24. The van der Waals surface area contributed by atoms with Crippen LogP contribution in [0.4, 0.5) is 0 Å². The van der Waals surface area contributed by atoms with E-state index in [0.717, 1.165) is 6.42 Å². The number of allylic oxidation sites excluding steroid dienone is 1. The Balaban J connectivity index is 0.00000144. The summed E-state index contributed by atoms with van der Waals surface area (Å²) >= 11 is 0. The van der Waals surface area contributed by atoms with Gasteiger partial charge in [-0.05, 0) is 24.4 Å². The van der Waals surface area contributed by atoms with Crippen molar-refractivity contribution in [2.45, 2.75) is 12.3 Å². The number of hydrogen-bond acceptors (Lipinski definition) is 1. The zero-order valence-electron chi connectivity index (χ0n) is 7.24. The number of nitrogens with two attached hydrogens (primary N) is 1. The Morgan fingerprint density at radius 2 is 1.92 bits per heavy atom. The molecule has 0 aliphatic rings. The second-order valence-electron chi connectivity index (χ2n) is 2.87. The number of hydrogen-bond donors (Lipinski definition) is 1. The third-order valence-corrected chi connectivity index (χ3v) is 2.01. The van der Waals surface area contributed by atoms with E-state index >= 15 is 0 Å². The van der Waals surface area contributed by atoms with Crippen LogP contribution in [0, 0.1) is 0 Å². The van der Waals surface area contributed by atoms with Crippen LogP contribution in [-0.4, -0.2) is 25.4 Å². The van der Waals surface area contributed by atoms with Gasteiger partial charge in [0.15, 0.2) is 0 Å². The summed E-state index contributed by atoms with van der Waals surface area (Å²) in [5.74, 6) is 0.434. The molecule has 1 aromatic rings. The Morgan fingerprint density at radius 3 is 2.38 bits per heavy atom. The minimum absolute atomic E-state index is 0. The van der Waals surface area contributed by atoms with E-state index in [1.165, 1.54) is 5.56 Å². The quantitative estimate of drug-likeness (QED) is 0.538. The van der Waals surface area contributed by atoms with Crippen molar-refractivity contribution in [1.29, 1.82) is 0 Å². The van der Waals surface area contributed by atoms with Crippen molar-refractivity contribution < 1.29 is 0 Å². The van der Waals surface area contributed by atoms with Crippen molar-refractivity contribution >= 4 is 18.9 Å². The zero-order valence-corrected chi connectivity index (χ0v) is 7.24. The van der Waals surface area contributed by atoms with E-state index in [0.29, 0.717) is 12.5 Å². The fourth-order valence-corrected chi connectivity index (χ4v) is 1.29. The fourth-order valence-electron chi connectivity index (χ4n) is 1.29. The van der Waals surface area contributed by atoms with Gasteiger partial charge in [-0.25, -0.2) is 0 Å². The molecule has 0 radical (unpaired) electrons. The Morgan fingerprint density at radius 1 is 1.31 bits per heavy atom. The van der Waals surface area contributed by atoms with Gasteiger partial charge in [0.05, 0.1) is 0 Å². The van der Waals surface area contributed by atoms with Gasteiger partial charge in [-0.1, -0.05) is 36.4 Å². The van der Waals surface area contributed by atoms with Gasteiger partial charge in [-0.2, -0.15) is 0 Å². The summed E-state index contributed by atoms with van der Waals surface area (Å²) in [6.07, 6.45) is 2.88. The molecule has 1 aromatic carbocycles. The molecular formula is C11H16LiN. The third kappa shape index (κ3) is 3.82. The summed E-state index contributed by atoms with van der Waals surface area (Å²) in [5.41, 5.74) is 6.95. The summed E-state index contributed by atoms with van der Waals surface area (Å²) in [4.78, 5) is 0. The van der Waals surface area contributed by atoms with Crippen molar-refractivity contribution in [3.05, 3.63) is 48.6 Å². The number of benzene rings is 1. The van der Waals surface area contributed by atoms with Gasteiger partial charge in [0, 0.05) is 0 Å². The zero-order chi connectivity index (χ0) is 8.81.